The first-order valence-electron chi connectivity index (χ1n) is 11.2. The van der Waals surface area contributed by atoms with Crippen LogP contribution in [0.2, 0.25) is 0 Å². The summed E-state index contributed by atoms with van der Waals surface area (Å²) in [7, 11) is 1.44. The lowest BCUT2D eigenvalue weighted by molar-refractivity contribution is -0.137. The molecule has 35 heavy (non-hydrogen) atoms. The fraction of sp³-hybridized carbons (Fsp3) is 0.320. The number of nitrogens with one attached hydrogen (secondary N) is 1. The fourth-order valence-corrected chi connectivity index (χ4v) is 3.96. The predicted molar refractivity (Wildman–Crippen MR) is 127 cm³/mol. The lowest BCUT2D eigenvalue weighted by Crippen LogP contribution is -2.47. The van der Waals surface area contributed by atoms with Crippen molar-refractivity contribution in [1.29, 1.82) is 0 Å². The van der Waals surface area contributed by atoms with Crippen LogP contribution >= 0.6 is 0 Å². The Labute approximate surface area is 201 Å². The molecule has 184 valence electrons. The highest BCUT2D eigenvalue weighted by atomic mass is 19.4. The second kappa shape index (κ2) is 10.2. The zero-order valence-corrected chi connectivity index (χ0v) is 19.4. The molecule has 4 rings (SSSR count). The topological polar surface area (TPSA) is 70.6 Å². The zero-order valence-electron chi connectivity index (χ0n) is 19.4. The molecular formula is C25H26F3N5O2. The van der Waals surface area contributed by atoms with Gasteiger partial charge in [-0.15, -0.1) is 0 Å². The number of carbonyl (C=O) groups is 1. The van der Waals surface area contributed by atoms with Gasteiger partial charge in [-0.25, -0.2) is 4.98 Å². The van der Waals surface area contributed by atoms with Gasteiger partial charge < -0.3 is 19.9 Å². The third kappa shape index (κ3) is 5.64. The molecule has 1 amide bonds. The minimum Gasteiger partial charge on any atom is -0.480 e. The molecule has 1 N–H and O–H groups in total. The van der Waals surface area contributed by atoms with E-state index in [-0.39, 0.29) is 23.4 Å². The minimum atomic E-state index is -4.38. The maximum Gasteiger partial charge on any atom is 0.416 e. The number of carbonyl (C=O) groups excluding carboxylic acids is 1. The number of halogens is 3. The standard InChI is InChI=1S/C25H26F3N5O2/c1-17(18-7-4-3-5-8-18)30-22(34)21-16-29-24(31-23(21)35-2)33-13-11-32(12-14-33)20-10-6-9-19(15-20)25(26,27)28/h3-10,15-17H,11-14H2,1-2H3,(H,30,34)/t17-/m1/s1. The van der Waals surface area contributed by atoms with Crippen LogP contribution < -0.4 is 19.9 Å². The van der Waals surface area contributed by atoms with Gasteiger partial charge in [0.15, 0.2) is 0 Å². The molecule has 3 aromatic rings. The van der Waals surface area contributed by atoms with Crippen LogP contribution in [-0.4, -0.2) is 49.2 Å². The van der Waals surface area contributed by atoms with Crippen LogP contribution in [0.25, 0.3) is 0 Å². The largest absolute Gasteiger partial charge is 0.480 e. The van der Waals surface area contributed by atoms with Crippen LogP contribution in [-0.2, 0) is 6.18 Å². The van der Waals surface area contributed by atoms with E-state index in [4.69, 9.17) is 4.74 Å². The van der Waals surface area contributed by atoms with Crippen LogP contribution in [0, 0.1) is 0 Å². The van der Waals surface area contributed by atoms with Crippen molar-refractivity contribution in [3.8, 4) is 5.88 Å². The molecule has 0 saturated carbocycles. The number of nitrogens with zero attached hydrogens (tertiary/aromatic N) is 4. The van der Waals surface area contributed by atoms with Crippen molar-refractivity contribution in [2.75, 3.05) is 43.1 Å². The van der Waals surface area contributed by atoms with Crippen molar-refractivity contribution in [3.05, 3.63) is 77.5 Å². The highest BCUT2D eigenvalue weighted by molar-refractivity contribution is 5.96. The molecule has 1 fully saturated rings. The zero-order chi connectivity index (χ0) is 25.0. The summed E-state index contributed by atoms with van der Waals surface area (Å²) in [6.07, 6.45) is -2.94. The molecule has 2 aromatic carbocycles. The molecule has 1 aliphatic heterocycles. The van der Waals surface area contributed by atoms with Crippen LogP contribution in [0.1, 0.15) is 34.5 Å². The van der Waals surface area contributed by atoms with Gasteiger partial charge >= 0.3 is 6.18 Å². The van der Waals surface area contributed by atoms with Crippen LogP contribution in [0.4, 0.5) is 24.8 Å². The molecule has 0 radical (unpaired) electrons. The normalized spacial score (nSPS) is 15.0. The number of benzene rings is 2. The monoisotopic (exact) mass is 485 g/mol. The second-order valence-electron chi connectivity index (χ2n) is 8.22. The summed E-state index contributed by atoms with van der Waals surface area (Å²) < 4.78 is 44.5. The first kappa shape index (κ1) is 24.3. The second-order valence-corrected chi connectivity index (χ2v) is 8.22. The van der Waals surface area contributed by atoms with E-state index in [0.717, 1.165) is 11.6 Å². The molecule has 7 nitrogen and oxygen atoms in total. The molecule has 1 aliphatic rings. The third-order valence-corrected chi connectivity index (χ3v) is 5.93. The lowest BCUT2D eigenvalue weighted by atomic mass is 10.1. The van der Waals surface area contributed by atoms with Gasteiger partial charge in [-0.3, -0.25) is 4.79 Å². The average molecular weight is 486 g/mol. The van der Waals surface area contributed by atoms with E-state index in [1.807, 2.05) is 47.1 Å². The Balaban J connectivity index is 1.42. The maximum absolute atomic E-state index is 13.1. The summed E-state index contributed by atoms with van der Waals surface area (Å²) in [5, 5.41) is 2.93. The predicted octanol–water partition coefficient (Wildman–Crippen LogP) is 4.32. The van der Waals surface area contributed by atoms with Crippen molar-refractivity contribution in [2.24, 2.45) is 0 Å². The van der Waals surface area contributed by atoms with E-state index in [1.165, 1.54) is 25.4 Å². The summed E-state index contributed by atoms with van der Waals surface area (Å²) in [6.45, 7) is 3.92. The van der Waals surface area contributed by atoms with Gasteiger partial charge in [0.25, 0.3) is 5.91 Å². The number of rotatable bonds is 6. The molecule has 2 heterocycles. The van der Waals surface area contributed by atoms with Crippen LogP contribution in [0.3, 0.4) is 0 Å². The number of aromatic nitrogens is 2. The van der Waals surface area contributed by atoms with Crippen molar-refractivity contribution < 1.29 is 22.7 Å². The van der Waals surface area contributed by atoms with E-state index < -0.39 is 11.7 Å². The SMILES string of the molecule is COc1nc(N2CCN(c3cccc(C(F)(F)F)c3)CC2)ncc1C(=O)N[C@H](C)c1ccccc1. The molecule has 1 saturated heterocycles. The van der Waals surface area contributed by atoms with Gasteiger partial charge in [0, 0.05) is 38.1 Å². The Morgan fingerprint density at radius 3 is 2.37 bits per heavy atom. The van der Waals surface area contributed by atoms with Crippen molar-refractivity contribution in [1.82, 2.24) is 15.3 Å². The summed E-state index contributed by atoms with van der Waals surface area (Å²) in [4.78, 5) is 25.4. The molecule has 0 unspecified atom stereocenters. The number of methoxy groups -OCH3 is 1. The smallest absolute Gasteiger partial charge is 0.416 e. The van der Waals surface area contributed by atoms with Gasteiger partial charge in [0.1, 0.15) is 5.56 Å². The minimum absolute atomic E-state index is 0.160. The maximum atomic E-state index is 13.1. The van der Waals surface area contributed by atoms with Crippen molar-refractivity contribution in [2.45, 2.75) is 19.1 Å². The number of hydrogen-bond donors (Lipinski definition) is 1. The van der Waals surface area contributed by atoms with E-state index in [2.05, 4.69) is 15.3 Å². The summed E-state index contributed by atoms with van der Waals surface area (Å²) in [6, 6.07) is 14.7. The van der Waals surface area contributed by atoms with Gasteiger partial charge in [-0.2, -0.15) is 18.2 Å². The number of hydrogen-bond acceptors (Lipinski definition) is 6. The highest BCUT2D eigenvalue weighted by Crippen LogP contribution is 2.32. The van der Waals surface area contributed by atoms with Gasteiger partial charge in [-0.1, -0.05) is 36.4 Å². The Kier molecular flexibility index (Phi) is 7.09. The Bertz CT molecular complexity index is 1170. The first-order chi connectivity index (χ1) is 16.8. The summed E-state index contributed by atoms with van der Waals surface area (Å²) in [5.74, 6) is 0.213. The summed E-state index contributed by atoms with van der Waals surface area (Å²) in [5.41, 5.74) is 1.05. The lowest BCUT2D eigenvalue weighted by Gasteiger charge is -2.36. The van der Waals surface area contributed by atoms with Gasteiger partial charge in [-0.05, 0) is 30.7 Å². The van der Waals surface area contributed by atoms with Crippen LogP contribution in [0.15, 0.2) is 60.8 Å². The molecular weight excluding hydrogens is 459 g/mol. The number of alkyl halides is 3. The molecule has 1 atom stereocenters. The average Bonchev–Trinajstić information content (AvgIpc) is 2.88. The van der Waals surface area contributed by atoms with E-state index in [9.17, 15) is 18.0 Å². The molecule has 0 bridgehead atoms. The summed E-state index contributed by atoms with van der Waals surface area (Å²) >= 11 is 0. The first-order valence-corrected chi connectivity index (χ1v) is 11.2. The van der Waals surface area contributed by atoms with Crippen LogP contribution in [0.5, 0.6) is 5.88 Å². The molecule has 10 heteroatoms. The number of anilines is 2. The van der Waals surface area contributed by atoms with Crippen molar-refractivity contribution >= 4 is 17.5 Å². The van der Waals surface area contributed by atoms with E-state index in [1.54, 1.807) is 6.07 Å². The highest BCUT2D eigenvalue weighted by Gasteiger charge is 2.31. The van der Waals surface area contributed by atoms with E-state index >= 15 is 0 Å². The van der Waals surface area contributed by atoms with Gasteiger partial charge in [0.05, 0.1) is 18.7 Å². The fourth-order valence-electron chi connectivity index (χ4n) is 3.96. The Hall–Kier alpha value is -3.82. The van der Waals surface area contributed by atoms with Crippen molar-refractivity contribution in [3.63, 3.8) is 0 Å². The molecule has 0 aliphatic carbocycles. The van der Waals surface area contributed by atoms with E-state index in [0.29, 0.717) is 37.8 Å². The quantitative estimate of drug-likeness (QED) is 0.561. The Morgan fingerprint density at radius 2 is 1.71 bits per heavy atom. The Morgan fingerprint density at radius 1 is 1.03 bits per heavy atom. The molecule has 1 aromatic heterocycles. The number of piperazine rings is 1. The third-order valence-electron chi connectivity index (χ3n) is 5.93. The number of amides is 1. The number of ether oxygens (including phenoxy) is 1. The van der Waals surface area contributed by atoms with Gasteiger partial charge in [0.2, 0.25) is 11.8 Å². The molecule has 0 spiro atoms.